The van der Waals surface area contributed by atoms with Crippen molar-refractivity contribution in [2.45, 2.75) is 20.3 Å². The average Bonchev–Trinajstić information content (AvgIpc) is 2.64. The van der Waals surface area contributed by atoms with Crippen LogP contribution >= 0.6 is 11.8 Å². The molecule has 0 aromatic carbocycles. The third-order valence-electron chi connectivity index (χ3n) is 2.81. The summed E-state index contributed by atoms with van der Waals surface area (Å²) < 4.78 is 0. The molecule has 1 fully saturated rings. The number of hydrogen-bond acceptors (Lipinski definition) is 4. The second kappa shape index (κ2) is 6.08. The van der Waals surface area contributed by atoms with Crippen LogP contribution in [0.15, 0.2) is 0 Å². The first-order chi connectivity index (χ1) is 8.33. The lowest BCUT2D eigenvalue weighted by Gasteiger charge is -2.19. The van der Waals surface area contributed by atoms with Gasteiger partial charge in [0, 0.05) is 6.54 Å². The Morgan fingerprint density at radius 2 is 2.17 bits per heavy atom. The predicted molar refractivity (Wildman–Crippen MR) is 68.1 cm³/mol. The summed E-state index contributed by atoms with van der Waals surface area (Å²) in [5.41, 5.74) is -0.855. The summed E-state index contributed by atoms with van der Waals surface area (Å²) in [6, 6.07) is 0. The molecule has 1 heterocycles. The molecule has 0 atom stereocenters. The minimum absolute atomic E-state index is 0.0268. The molecule has 0 aromatic heterocycles. The van der Waals surface area contributed by atoms with E-state index in [9.17, 15) is 14.4 Å². The highest BCUT2D eigenvalue weighted by Gasteiger charge is 2.27. The number of hydrogen-bond donors (Lipinski definition) is 2. The summed E-state index contributed by atoms with van der Waals surface area (Å²) in [6.45, 7) is 3.58. The molecule has 7 heteroatoms. The molecule has 1 aliphatic rings. The second-order valence-electron chi connectivity index (χ2n) is 4.86. The fourth-order valence-corrected chi connectivity index (χ4v) is 2.29. The SMILES string of the molecule is CC(C)(CCNC(=O)CN1CSCC1=O)C(=O)O. The quantitative estimate of drug-likeness (QED) is 0.719. The van der Waals surface area contributed by atoms with E-state index < -0.39 is 11.4 Å². The Balaban J connectivity index is 2.25. The predicted octanol–water partition coefficient (Wildman–Crippen LogP) is 0.136. The van der Waals surface area contributed by atoms with Gasteiger partial charge in [-0.1, -0.05) is 0 Å². The number of thioether (sulfide) groups is 1. The van der Waals surface area contributed by atoms with E-state index in [0.717, 1.165) is 0 Å². The highest BCUT2D eigenvalue weighted by Crippen LogP contribution is 2.19. The maximum Gasteiger partial charge on any atom is 0.309 e. The number of nitrogens with one attached hydrogen (secondary N) is 1. The standard InChI is InChI=1S/C11H18N2O4S/c1-11(2,10(16)17)3-4-12-8(14)5-13-7-18-6-9(13)15/h3-7H2,1-2H3,(H,12,14)(H,16,17). The molecule has 18 heavy (non-hydrogen) atoms. The molecule has 1 rings (SSSR count). The molecule has 0 aliphatic carbocycles. The lowest BCUT2D eigenvalue weighted by atomic mass is 9.90. The molecule has 2 amide bonds. The van der Waals surface area contributed by atoms with Crippen LogP contribution in [0.2, 0.25) is 0 Å². The molecule has 0 bridgehead atoms. The molecule has 6 nitrogen and oxygen atoms in total. The summed E-state index contributed by atoms with van der Waals surface area (Å²) in [4.78, 5) is 35.2. The zero-order valence-electron chi connectivity index (χ0n) is 10.6. The van der Waals surface area contributed by atoms with Crippen molar-refractivity contribution < 1.29 is 19.5 Å². The highest BCUT2D eigenvalue weighted by molar-refractivity contribution is 8.00. The van der Waals surface area contributed by atoms with E-state index >= 15 is 0 Å². The smallest absolute Gasteiger partial charge is 0.309 e. The van der Waals surface area contributed by atoms with Gasteiger partial charge in [-0.05, 0) is 20.3 Å². The van der Waals surface area contributed by atoms with Crippen molar-refractivity contribution in [2.24, 2.45) is 5.41 Å². The third kappa shape index (κ3) is 4.21. The molecular formula is C11H18N2O4S. The van der Waals surface area contributed by atoms with Crippen LogP contribution in [-0.4, -0.2) is 52.5 Å². The summed E-state index contributed by atoms with van der Waals surface area (Å²) >= 11 is 1.48. The summed E-state index contributed by atoms with van der Waals surface area (Å²) in [7, 11) is 0. The topological polar surface area (TPSA) is 86.7 Å². The molecule has 102 valence electrons. The molecule has 0 aromatic rings. The lowest BCUT2D eigenvalue weighted by Crippen LogP contribution is -2.39. The van der Waals surface area contributed by atoms with Gasteiger partial charge in [0.1, 0.15) is 6.54 Å². The van der Waals surface area contributed by atoms with Gasteiger partial charge in [0.15, 0.2) is 0 Å². The monoisotopic (exact) mass is 274 g/mol. The zero-order valence-corrected chi connectivity index (χ0v) is 11.4. The Bertz CT molecular complexity index is 357. The van der Waals surface area contributed by atoms with Crippen LogP contribution in [0.1, 0.15) is 20.3 Å². The molecule has 2 N–H and O–H groups in total. The average molecular weight is 274 g/mol. The van der Waals surface area contributed by atoms with Crippen LogP contribution in [0.25, 0.3) is 0 Å². The van der Waals surface area contributed by atoms with Crippen molar-refractivity contribution in [2.75, 3.05) is 24.7 Å². The third-order valence-corrected chi connectivity index (χ3v) is 3.76. The van der Waals surface area contributed by atoms with Crippen molar-refractivity contribution in [3.63, 3.8) is 0 Å². The normalized spacial score (nSPS) is 15.9. The lowest BCUT2D eigenvalue weighted by molar-refractivity contribution is -0.147. The van der Waals surface area contributed by atoms with Gasteiger partial charge in [-0.3, -0.25) is 14.4 Å². The summed E-state index contributed by atoms with van der Waals surface area (Å²) in [5.74, 6) is -0.178. The van der Waals surface area contributed by atoms with E-state index in [1.54, 1.807) is 13.8 Å². The molecule has 0 unspecified atom stereocenters. The van der Waals surface area contributed by atoms with Crippen LogP contribution in [0.4, 0.5) is 0 Å². The van der Waals surface area contributed by atoms with Crippen LogP contribution in [0.3, 0.4) is 0 Å². The van der Waals surface area contributed by atoms with Crippen molar-refractivity contribution in [1.29, 1.82) is 0 Å². The van der Waals surface area contributed by atoms with E-state index in [4.69, 9.17) is 5.11 Å². The van der Waals surface area contributed by atoms with Crippen LogP contribution in [0.5, 0.6) is 0 Å². The summed E-state index contributed by atoms with van der Waals surface area (Å²) in [5, 5.41) is 11.5. The number of carbonyl (C=O) groups is 3. The van der Waals surface area contributed by atoms with E-state index in [-0.39, 0.29) is 18.4 Å². The molecule has 0 saturated carbocycles. The minimum Gasteiger partial charge on any atom is -0.481 e. The largest absolute Gasteiger partial charge is 0.481 e. The minimum atomic E-state index is -0.886. The Kier molecular flexibility index (Phi) is 5.01. The van der Waals surface area contributed by atoms with Gasteiger partial charge in [0.2, 0.25) is 11.8 Å². The first kappa shape index (κ1) is 14.8. The fourth-order valence-electron chi connectivity index (χ4n) is 1.39. The number of carboxylic acid groups (broad SMARTS) is 1. The van der Waals surface area contributed by atoms with Crippen molar-refractivity contribution in [3.8, 4) is 0 Å². The number of amides is 2. The fraction of sp³-hybridized carbons (Fsp3) is 0.727. The molecule has 0 spiro atoms. The highest BCUT2D eigenvalue weighted by atomic mass is 32.2. The van der Waals surface area contributed by atoms with E-state index in [0.29, 0.717) is 24.6 Å². The van der Waals surface area contributed by atoms with Crippen molar-refractivity contribution in [3.05, 3.63) is 0 Å². The Labute approximate surface area is 110 Å². The number of carbonyl (C=O) groups excluding carboxylic acids is 2. The van der Waals surface area contributed by atoms with E-state index in [1.807, 2.05) is 0 Å². The molecule has 0 radical (unpaired) electrons. The molecule has 1 saturated heterocycles. The maximum absolute atomic E-state index is 11.5. The first-order valence-electron chi connectivity index (χ1n) is 5.68. The Morgan fingerprint density at radius 3 is 2.67 bits per heavy atom. The van der Waals surface area contributed by atoms with Crippen LogP contribution < -0.4 is 5.32 Å². The van der Waals surface area contributed by atoms with Gasteiger partial charge in [-0.25, -0.2) is 0 Å². The van der Waals surface area contributed by atoms with Gasteiger partial charge in [0.05, 0.1) is 17.0 Å². The van der Waals surface area contributed by atoms with Gasteiger partial charge in [0.25, 0.3) is 0 Å². The number of carboxylic acids is 1. The zero-order chi connectivity index (χ0) is 13.8. The number of nitrogens with zero attached hydrogens (tertiary/aromatic N) is 1. The van der Waals surface area contributed by atoms with Crippen molar-refractivity contribution >= 4 is 29.5 Å². The van der Waals surface area contributed by atoms with Gasteiger partial charge >= 0.3 is 5.97 Å². The number of rotatable bonds is 6. The molecular weight excluding hydrogens is 256 g/mol. The van der Waals surface area contributed by atoms with Crippen LogP contribution in [-0.2, 0) is 14.4 Å². The Hall–Kier alpha value is -1.24. The second-order valence-corrected chi connectivity index (χ2v) is 5.81. The number of aliphatic carboxylic acids is 1. The molecule has 1 aliphatic heterocycles. The van der Waals surface area contributed by atoms with E-state index in [2.05, 4.69) is 5.32 Å². The van der Waals surface area contributed by atoms with Gasteiger partial charge < -0.3 is 15.3 Å². The van der Waals surface area contributed by atoms with Crippen molar-refractivity contribution in [1.82, 2.24) is 10.2 Å². The van der Waals surface area contributed by atoms with E-state index in [1.165, 1.54) is 16.7 Å². The van der Waals surface area contributed by atoms with Gasteiger partial charge in [-0.2, -0.15) is 0 Å². The summed E-state index contributed by atoms with van der Waals surface area (Å²) in [6.07, 6.45) is 0.358. The van der Waals surface area contributed by atoms with Crippen LogP contribution in [0, 0.1) is 5.41 Å². The first-order valence-corrected chi connectivity index (χ1v) is 6.84. The maximum atomic E-state index is 11.5. The Morgan fingerprint density at radius 1 is 1.50 bits per heavy atom. The van der Waals surface area contributed by atoms with Gasteiger partial charge in [-0.15, -0.1) is 11.8 Å².